The van der Waals surface area contributed by atoms with Crippen LogP contribution < -0.4 is 9.47 Å². The summed E-state index contributed by atoms with van der Waals surface area (Å²) < 4.78 is 52.5. The van der Waals surface area contributed by atoms with E-state index in [1.807, 2.05) is 12.1 Å². The van der Waals surface area contributed by atoms with Gasteiger partial charge in [0.15, 0.2) is 23.1 Å². The number of rotatable bonds is 34. The van der Waals surface area contributed by atoms with Crippen LogP contribution in [0.5, 0.6) is 11.5 Å². The van der Waals surface area contributed by atoms with Crippen LogP contribution in [0.3, 0.4) is 0 Å². The van der Waals surface area contributed by atoms with Gasteiger partial charge in [-0.25, -0.2) is 8.78 Å². The first kappa shape index (κ1) is 45.2. The van der Waals surface area contributed by atoms with Crippen molar-refractivity contribution in [1.82, 2.24) is 0 Å². The second-order valence-corrected chi connectivity index (χ2v) is 17.4. The van der Waals surface area contributed by atoms with Crippen LogP contribution in [0.2, 0.25) is 0 Å². The number of benzene rings is 2. The van der Waals surface area contributed by atoms with Crippen molar-refractivity contribution in [2.24, 2.45) is 0 Å². The highest BCUT2D eigenvalue weighted by atomic mass is 31.2. The predicted molar refractivity (Wildman–Crippen MR) is 213 cm³/mol. The van der Waals surface area contributed by atoms with Gasteiger partial charge in [0.2, 0.25) is 7.37 Å². The van der Waals surface area contributed by atoms with E-state index in [-0.39, 0.29) is 11.6 Å². The van der Waals surface area contributed by atoms with Crippen LogP contribution in [0.4, 0.5) is 8.78 Å². The molecular formula is C44H73F2O4P. The molecule has 0 radical (unpaired) electrons. The molecule has 0 fully saturated rings. The van der Waals surface area contributed by atoms with E-state index in [2.05, 4.69) is 13.8 Å². The van der Waals surface area contributed by atoms with Crippen LogP contribution in [0.25, 0.3) is 0 Å². The number of hydrogen-bond donors (Lipinski definition) is 1. The van der Waals surface area contributed by atoms with Crippen LogP contribution in [-0.4, -0.2) is 30.4 Å². The number of ether oxygens (including phenoxy) is 2. The summed E-state index contributed by atoms with van der Waals surface area (Å²) in [5, 5.41) is 0. The molecule has 0 unspecified atom stereocenters. The summed E-state index contributed by atoms with van der Waals surface area (Å²) in [6, 6.07) is 10.8. The van der Waals surface area contributed by atoms with Gasteiger partial charge < -0.3 is 14.4 Å². The van der Waals surface area contributed by atoms with Crippen molar-refractivity contribution in [2.75, 3.05) is 25.5 Å². The Hall–Kier alpha value is -1.91. The van der Waals surface area contributed by atoms with Crippen molar-refractivity contribution < 1.29 is 27.7 Å². The van der Waals surface area contributed by atoms with Gasteiger partial charge >= 0.3 is 0 Å². The van der Waals surface area contributed by atoms with Gasteiger partial charge in [0.1, 0.15) is 0 Å². The topological polar surface area (TPSA) is 55.8 Å². The van der Waals surface area contributed by atoms with E-state index < -0.39 is 7.37 Å². The molecule has 1 N–H and O–H groups in total. The molecule has 2 aromatic rings. The van der Waals surface area contributed by atoms with E-state index in [1.165, 1.54) is 77.0 Å². The average molecular weight is 735 g/mol. The largest absolute Gasteiger partial charge is 0.491 e. The van der Waals surface area contributed by atoms with Crippen LogP contribution in [0, 0.1) is 11.6 Å². The lowest BCUT2D eigenvalue weighted by Gasteiger charge is -2.11. The summed E-state index contributed by atoms with van der Waals surface area (Å²) in [6.45, 7) is 5.47. The van der Waals surface area contributed by atoms with Crippen molar-refractivity contribution in [3.8, 4) is 11.5 Å². The minimum Gasteiger partial charge on any atom is -0.491 e. The molecule has 0 aliphatic carbocycles. The maximum Gasteiger partial charge on any atom is 0.200 e. The molecule has 51 heavy (non-hydrogen) atoms. The Morgan fingerprint density at radius 1 is 0.490 bits per heavy atom. The van der Waals surface area contributed by atoms with Crippen molar-refractivity contribution in [3.63, 3.8) is 0 Å². The molecule has 4 nitrogen and oxygen atoms in total. The fourth-order valence-corrected chi connectivity index (χ4v) is 8.32. The first-order chi connectivity index (χ1) is 24.8. The van der Waals surface area contributed by atoms with Gasteiger partial charge in [-0.05, 0) is 86.8 Å². The molecule has 0 aliphatic heterocycles. The molecule has 0 aliphatic rings. The Kier molecular flexibility index (Phi) is 26.2. The van der Waals surface area contributed by atoms with Gasteiger partial charge in [-0.3, -0.25) is 4.57 Å². The zero-order valence-corrected chi connectivity index (χ0v) is 33.4. The van der Waals surface area contributed by atoms with E-state index in [9.17, 15) is 18.2 Å². The third kappa shape index (κ3) is 23.4. The van der Waals surface area contributed by atoms with Crippen LogP contribution in [-0.2, 0) is 17.4 Å². The Bertz CT molecular complexity index is 1100. The summed E-state index contributed by atoms with van der Waals surface area (Å²) in [4.78, 5) is 10.4. The van der Waals surface area contributed by atoms with Crippen LogP contribution >= 0.6 is 7.37 Å². The molecule has 7 heteroatoms. The Morgan fingerprint density at radius 3 is 1.16 bits per heavy atom. The third-order valence-electron chi connectivity index (χ3n) is 9.95. The van der Waals surface area contributed by atoms with Gasteiger partial charge in [-0.2, -0.15) is 0 Å². The van der Waals surface area contributed by atoms with Gasteiger partial charge in [0.05, 0.1) is 13.2 Å². The van der Waals surface area contributed by atoms with Gasteiger partial charge in [0, 0.05) is 12.3 Å². The van der Waals surface area contributed by atoms with E-state index in [4.69, 9.17) is 9.47 Å². The van der Waals surface area contributed by atoms with Crippen molar-refractivity contribution in [3.05, 3.63) is 59.2 Å². The molecule has 0 atom stereocenters. The fourth-order valence-electron chi connectivity index (χ4n) is 6.66. The first-order valence-electron chi connectivity index (χ1n) is 21.0. The Balaban J connectivity index is 1.32. The lowest BCUT2D eigenvalue weighted by Crippen LogP contribution is -2.00. The number of halogens is 2. The van der Waals surface area contributed by atoms with Crippen LogP contribution in [0.1, 0.15) is 179 Å². The smallest absolute Gasteiger partial charge is 0.200 e. The Labute approximate surface area is 311 Å². The second-order valence-electron chi connectivity index (χ2n) is 14.8. The highest BCUT2D eigenvalue weighted by Gasteiger charge is 2.16. The lowest BCUT2D eigenvalue weighted by molar-refractivity contribution is 0.289. The molecule has 0 heterocycles. The zero-order valence-electron chi connectivity index (χ0n) is 32.6. The zero-order chi connectivity index (χ0) is 36.8. The van der Waals surface area contributed by atoms with E-state index in [1.54, 1.807) is 24.3 Å². The normalized spacial score (nSPS) is 11.7. The number of unbranched alkanes of at least 4 members (excludes halogenated alkanes) is 20. The first-order valence-corrected chi connectivity index (χ1v) is 23.0. The second kappa shape index (κ2) is 29.5. The van der Waals surface area contributed by atoms with Gasteiger partial charge in [-0.15, -0.1) is 0 Å². The van der Waals surface area contributed by atoms with Crippen LogP contribution in [0.15, 0.2) is 36.4 Å². The van der Waals surface area contributed by atoms with E-state index in [0.29, 0.717) is 37.0 Å². The average Bonchev–Trinajstić information content (AvgIpc) is 3.11. The predicted octanol–water partition coefficient (Wildman–Crippen LogP) is 14.2. The molecule has 0 aromatic heterocycles. The molecule has 292 valence electrons. The summed E-state index contributed by atoms with van der Waals surface area (Å²) in [5.74, 6) is 0.247. The summed E-state index contributed by atoms with van der Waals surface area (Å²) >= 11 is 0. The molecule has 0 saturated carbocycles. The minimum absolute atomic E-state index is 0.246. The van der Waals surface area contributed by atoms with Crippen molar-refractivity contribution in [2.45, 2.75) is 181 Å². The molecule has 0 spiro atoms. The molecule has 0 saturated heterocycles. The lowest BCUT2D eigenvalue weighted by atomic mass is 10.1. The highest BCUT2D eigenvalue weighted by Crippen LogP contribution is 2.42. The quantitative estimate of drug-likeness (QED) is 0.0574. The monoisotopic (exact) mass is 735 g/mol. The van der Waals surface area contributed by atoms with E-state index >= 15 is 0 Å². The third-order valence-corrected chi connectivity index (χ3v) is 12.0. The maximum atomic E-state index is 14.3. The van der Waals surface area contributed by atoms with Gasteiger partial charge in [-0.1, -0.05) is 142 Å². The Morgan fingerprint density at radius 2 is 0.824 bits per heavy atom. The molecular weight excluding hydrogens is 661 g/mol. The molecule has 2 aromatic carbocycles. The standard InChI is InChI=1S/C44H73F2O4P/c1-3-5-21-27-39-29-31-43(41(45)37-39)49-33-23-17-13-9-7-11-15-19-25-35-51(47,48)36-26-20-16-12-8-10-14-18-24-34-50-44-32-30-40(38-42(44)46)28-22-6-4-2/h29-32,37-38H,3-28,33-36H2,1-2H3,(H,47,48). The maximum absolute atomic E-state index is 14.3. The minimum atomic E-state index is -2.99. The fraction of sp³-hybridized carbons (Fsp3) is 0.727. The highest BCUT2D eigenvalue weighted by molar-refractivity contribution is 7.57. The van der Waals surface area contributed by atoms with Crippen molar-refractivity contribution >= 4 is 7.37 Å². The number of aryl methyl sites for hydroxylation is 2. The van der Waals surface area contributed by atoms with Gasteiger partial charge in [0.25, 0.3) is 0 Å². The molecule has 2 rings (SSSR count). The summed E-state index contributed by atoms with van der Waals surface area (Å²) in [7, 11) is -2.99. The summed E-state index contributed by atoms with van der Waals surface area (Å²) in [5.41, 5.74) is 2.10. The molecule has 0 amide bonds. The SMILES string of the molecule is CCCCCc1ccc(OCCCCCCCCCCCP(=O)(O)CCCCCCCCCCCOc2ccc(CCCCC)cc2F)c(F)c1. The summed E-state index contributed by atoms with van der Waals surface area (Å²) in [6.07, 6.45) is 29.3. The van der Waals surface area contributed by atoms with Crippen molar-refractivity contribution in [1.29, 1.82) is 0 Å². The van der Waals surface area contributed by atoms with E-state index in [0.717, 1.165) is 101 Å². The molecule has 0 bridgehead atoms. The number of hydrogen-bond acceptors (Lipinski definition) is 3.